The Morgan fingerprint density at radius 2 is 2.33 bits per heavy atom. The van der Waals surface area contributed by atoms with Crippen molar-refractivity contribution in [2.24, 2.45) is 5.92 Å². The van der Waals surface area contributed by atoms with Crippen LogP contribution in [0.1, 0.15) is 19.8 Å². The third-order valence-corrected chi connectivity index (χ3v) is 3.49. The summed E-state index contributed by atoms with van der Waals surface area (Å²) in [4.78, 5) is 8.52. The number of anilines is 1. The standard InChI is InChI=1S/C14H22FN3/c1-3-8-17(2)10-12-7-9-18(11-12)14-6-4-5-13(15)16-14/h4-6,12H,3,7-11H2,1-2H3/t12-/m1/s1. The molecule has 4 heteroatoms. The molecule has 18 heavy (non-hydrogen) atoms. The van der Waals surface area contributed by atoms with Crippen molar-refractivity contribution in [3.05, 3.63) is 24.1 Å². The molecule has 0 saturated carbocycles. The van der Waals surface area contributed by atoms with Crippen LogP contribution in [0.3, 0.4) is 0 Å². The maximum atomic E-state index is 13.1. The van der Waals surface area contributed by atoms with E-state index in [4.69, 9.17) is 0 Å². The molecule has 1 aromatic rings. The van der Waals surface area contributed by atoms with Crippen LogP contribution >= 0.6 is 0 Å². The van der Waals surface area contributed by atoms with Gasteiger partial charge in [-0.05, 0) is 44.5 Å². The Labute approximate surface area is 109 Å². The van der Waals surface area contributed by atoms with Crippen molar-refractivity contribution in [2.45, 2.75) is 19.8 Å². The highest BCUT2D eigenvalue weighted by atomic mass is 19.1. The Morgan fingerprint density at radius 1 is 1.50 bits per heavy atom. The van der Waals surface area contributed by atoms with Crippen molar-refractivity contribution >= 4 is 5.82 Å². The van der Waals surface area contributed by atoms with Crippen molar-refractivity contribution in [3.8, 4) is 0 Å². The second-order valence-electron chi connectivity index (χ2n) is 5.18. The quantitative estimate of drug-likeness (QED) is 0.749. The van der Waals surface area contributed by atoms with Crippen LogP contribution in [0.4, 0.5) is 10.2 Å². The van der Waals surface area contributed by atoms with E-state index >= 15 is 0 Å². The van der Waals surface area contributed by atoms with E-state index in [1.165, 1.54) is 18.9 Å². The molecule has 2 rings (SSSR count). The molecule has 1 atom stereocenters. The molecule has 1 saturated heterocycles. The lowest BCUT2D eigenvalue weighted by molar-refractivity contribution is 0.287. The second-order valence-corrected chi connectivity index (χ2v) is 5.18. The zero-order chi connectivity index (χ0) is 13.0. The van der Waals surface area contributed by atoms with Gasteiger partial charge in [0.05, 0.1) is 0 Å². The number of halogens is 1. The molecule has 0 spiro atoms. The normalized spacial score (nSPS) is 19.8. The fourth-order valence-electron chi connectivity index (χ4n) is 2.68. The topological polar surface area (TPSA) is 19.4 Å². The van der Waals surface area contributed by atoms with Crippen molar-refractivity contribution < 1.29 is 4.39 Å². The van der Waals surface area contributed by atoms with Crippen molar-refractivity contribution in [2.75, 3.05) is 38.1 Å². The van der Waals surface area contributed by atoms with Gasteiger partial charge in [0.15, 0.2) is 0 Å². The Kier molecular flexibility index (Phi) is 4.53. The largest absolute Gasteiger partial charge is 0.356 e. The molecule has 1 fully saturated rings. The highest BCUT2D eigenvalue weighted by Gasteiger charge is 2.24. The van der Waals surface area contributed by atoms with Gasteiger partial charge in [0.1, 0.15) is 5.82 Å². The Bertz CT molecular complexity index is 383. The van der Waals surface area contributed by atoms with Gasteiger partial charge in [-0.3, -0.25) is 0 Å². The Balaban J connectivity index is 1.88. The van der Waals surface area contributed by atoms with Crippen LogP contribution in [0.25, 0.3) is 0 Å². The van der Waals surface area contributed by atoms with Gasteiger partial charge in [0.25, 0.3) is 0 Å². The van der Waals surface area contributed by atoms with E-state index in [-0.39, 0.29) is 5.95 Å². The van der Waals surface area contributed by atoms with Gasteiger partial charge in [-0.15, -0.1) is 0 Å². The van der Waals surface area contributed by atoms with Crippen LogP contribution in [0, 0.1) is 11.9 Å². The first-order valence-electron chi connectivity index (χ1n) is 6.75. The van der Waals surface area contributed by atoms with Crippen molar-refractivity contribution in [1.29, 1.82) is 0 Å². The lowest BCUT2D eigenvalue weighted by Crippen LogP contribution is -2.29. The number of hydrogen-bond acceptors (Lipinski definition) is 3. The van der Waals surface area contributed by atoms with Gasteiger partial charge in [0.2, 0.25) is 5.95 Å². The van der Waals surface area contributed by atoms with Gasteiger partial charge in [-0.2, -0.15) is 4.39 Å². The van der Waals surface area contributed by atoms with E-state index in [0.717, 1.165) is 32.0 Å². The van der Waals surface area contributed by atoms with Crippen LogP contribution in [0.5, 0.6) is 0 Å². The Hall–Kier alpha value is -1.16. The molecule has 3 nitrogen and oxygen atoms in total. The summed E-state index contributed by atoms with van der Waals surface area (Å²) in [6.45, 7) is 6.45. The number of rotatable bonds is 5. The maximum Gasteiger partial charge on any atom is 0.214 e. The Morgan fingerprint density at radius 3 is 3.06 bits per heavy atom. The van der Waals surface area contributed by atoms with Crippen LogP contribution < -0.4 is 4.90 Å². The first-order chi connectivity index (χ1) is 8.69. The first kappa shape index (κ1) is 13.3. The molecule has 2 heterocycles. The van der Waals surface area contributed by atoms with E-state index < -0.39 is 0 Å². The predicted octanol–water partition coefficient (Wildman–Crippen LogP) is 2.39. The molecule has 0 unspecified atom stereocenters. The summed E-state index contributed by atoms with van der Waals surface area (Å²) in [5, 5.41) is 0. The van der Waals surface area contributed by atoms with Crippen LogP contribution in [0.15, 0.2) is 18.2 Å². The van der Waals surface area contributed by atoms with Gasteiger partial charge in [-0.25, -0.2) is 4.98 Å². The third kappa shape index (κ3) is 3.42. The summed E-state index contributed by atoms with van der Waals surface area (Å²) < 4.78 is 13.1. The average Bonchev–Trinajstić information content (AvgIpc) is 2.78. The zero-order valence-corrected chi connectivity index (χ0v) is 11.3. The fraction of sp³-hybridized carbons (Fsp3) is 0.643. The molecule has 1 aliphatic heterocycles. The van der Waals surface area contributed by atoms with Crippen LogP contribution in [-0.4, -0.2) is 43.1 Å². The third-order valence-electron chi connectivity index (χ3n) is 3.49. The molecule has 1 aromatic heterocycles. The molecule has 0 bridgehead atoms. The van der Waals surface area contributed by atoms with Gasteiger partial charge in [-0.1, -0.05) is 13.0 Å². The van der Waals surface area contributed by atoms with E-state index in [9.17, 15) is 4.39 Å². The minimum atomic E-state index is -0.390. The number of hydrogen-bond donors (Lipinski definition) is 0. The van der Waals surface area contributed by atoms with E-state index in [0.29, 0.717) is 5.92 Å². The predicted molar refractivity (Wildman–Crippen MR) is 72.3 cm³/mol. The number of pyridine rings is 1. The van der Waals surface area contributed by atoms with Crippen molar-refractivity contribution in [1.82, 2.24) is 9.88 Å². The first-order valence-corrected chi connectivity index (χ1v) is 6.75. The molecule has 0 radical (unpaired) electrons. The zero-order valence-electron chi connectivity index (χ0n) is 11.3. The summed E-state index contributed by atoms with van der Waals surface area (Å²) in [5.74, 6) is 1.06. The lowest BCUT2D eigenvalue weighted by Gasteiger charge is -2.21. The van der Waals surface area contributed by atoms with Crippen molar-refractivity contribution in [3.63, 3.8) is 0 Å². The summed E-state index contributed by atoms with van der Waals surface area (Å²) >= 11 is 0. The van der Waals surface area contributed by atoms with E-state index in [1.807, 2.05) is 6.07 Å². The summed E-state index contributed by atoms with van der Waals surface area (Å²) in [7, 11) is 2.17. The SMILES string of the molecule is CCCN(C)C[C@H]1CCN(c2cccc(F)n2)C1. The van der Waals surface area contributed by atoms with Crippen LogP contribution in [0.2, 0.25) is 0 Å². The summed E-state index contributed by atoms with van der Waals surface area (Å²) in [5.41, 5.74) is 0. The molecule has 1 aliphatic rings. The fourth-order valence-corrected chi connectivity index (χ4v) is 2.68. The number of nitrogens with zero attached hydrogens (tertiary/aromatic N) is 3. The maximum absolute atomic E-state index is 13.1. The monoisotopic (exact) mass is 251 g/mol. The van der Waals surface area contributed by atoms with E-state index in [2.05, 4.69) is 28.8 Å². The minimum absolute atomic E-state index is 0.390. The highest BCUT2D eigenvalue weighted by molar-refractivity contribution is 5.39. The molecule has 0 N–H and O–H groups in total. The lowest BCUT2D eigenvalue weighted by atomic mass is 10.1. The number of aromatic nitrogens is 1. The summed E-state index contributed by atoms with van der Waals surface area (Å²) in [6, 6.07) is 5.02. The molecular weight excluding hydrogens is 229 g/mol. The molecule has 0 aliphatic carbocycles. The van der Waals surface area contributed by atoms with Gasteiger partial charge < -0.3 is 9.80 Å². The average molecular weight is 251 g/mol. The smallest absolute Gasteiger partial charge is 0.214 e. The van der Waals surface area contributed by atoms with Gasteiger partial charge >= 0.3 is 0 Å². The van der Waals surface area contributed by atoms with E-state index in [1.54, 1.807) is 6.07 Å². The van der Waals surface area contributed by atoms with Crippen LogP contribution in [-0.2, 0) is 0 Å². The highest BCUT2D eigenvalue weighted by Crippen LogP contribution is 2.22. The summed E-state index contributed by atoms with van der Waals surface area (Å²) in [6.07, 6.45) is 2.37. The molecular formula is C14H22FN3. The molecule has 100 valence electrons. The van der Waals surface area contributed by atoms with Gasteiger partial charge in [0, 0.05) is 19.6 Å². The molecule has 0 amide bonds. The second kappa shape index (κ2) is 6.14. The minimum Gasteiger partial charge on any atom is -0.356 e. The molecule has 0 aromatic carbocycles.